The lowest BCUT2D eigenvalue weighted by Gasteiger charge is -2.64. The van der Waals surface area contributed by atoms with Crippen LogP contribution in [-0.4, -0.2) is 60.5 Å². The number of ether oxygens (including phenoxy) is 1. The molecule has 5 bridgehead atoms. The van der Waals surface area contributed by atoms with Gasteiger partial charge in [0.15, 0.2) is 5.41 Å². The van der Waals surface area contributed by atoms with Crippen molar-refractivity contribution in [3.8, 4) is 0 Å². The largest absolute Gasteiger partial charge is 0.468 e. The number of hydrogen-bond acceptors (Lipinski definition) is 4. The highest BCUT2D eigenvalue weighted by molar-refractivity contribution is 5.83. The Labute approximate surface area is 159 Å². The van der Waals surface area contributed by atoms with Gasteiger partial charge in [0.05, 0.1) is 31.7 Å². The van der Waals surface area contributed by atoms with E-state index in [1.54, 1.807) is 0 Å². The van der Waals surface area contributed by atoms with E-state index in [2.05, 4.69) is 43.6 Å². The third kappa shape index (κ3) is 1.37. The molecule has 5 nitrogen and oxygen atoms in total. The number of carbonyl (C=O) groups excluding carboxylic acids is 1. The van der Waals surface area contributed by atoms with Gasteiger partial charge < -0.3 is 19.6 Å². The maximum absolute atomic E-state index is 13.4. The number of allylic oxidation sites excluding steroid dienone is 1. The number of esters is 1. The van der Waals surface area contributed by atoms with Crippen molar-refractivity contribution in [2.75, 3.05) is 26.0 Å². The van der Waals surface area contributed by atoms with Gasteiger partial charge in [-0.2, -0.15) is 0 Å². The Hall–Kier alpha value is -1.85. The Morgan fingerprint density at radius 3 is 2.93 bits per heavy atom. The second kappa shape index (κ2) is 4.58. The van der Waals surface area contributed by atoms with E-state index >= 15 is 0 Å². The summed E-state index contributed by atoms with van der Waals surface area (Å²) in [4.78, 5) is 13.4. The number of nitrogens with zero attached hydrogens (tertiary/aromatic N) is 1. The molecule has 1 aromatic carbocycles. The van der Waals surface area contributed by atoms with Crippen molar-refractivity contribution in [2.45, 2.75) is 49.4 Å². The summed E-state index contributed by atoms with van der Waals surface area (Å²) in [6.45, 7) is 3.05. The summed E-state index contributed by atoms with van der Waals surface area (Å²) in [6.07, 6.45) is 3.23. The topological polar surface area (TPSA) is 58.6 Å². The first-order chi connectivity index (χ1) is 13.0. The minimum absolute atomic E-state index is 0.0823. The lowest BCUT2D eigenvalue weighted by Crippen LogP contribution is -2.79. The first-order valence-corrected chi connectivity index (χ1v) is 10.1. The molecule has 5 aliphatic heterocycles. The van der Waals surface area contributed by atoms with Gasteiger partial charge in [-0.1, -0.05) is 24.3 Å². The fourth-order valence-corrected chi connectivity index (χ4v) is 8.23. The SMILES string of the molecule is CC=C1C[N+]2(C)C3CC1[C@@]1(C(=O)OC)C(O)[C@]4(CC12)c1ccccc1NC34. The molecule has 6 unspecified atom stereocenters. The van der Waals surface area contributed by atoms with Gasteiger partial charge in [-0.05, 0) is 24.1 Å². The smallest absolute Gasteiger partial charge is 0.321 e. The average molecular weight is 367 g/mol. The predicted octanol–water partition coefficient (Wildman–Crippen LogP) is 1.82. The van der Waals surface area contributed by atoms with Crippen LogP contribution in [0.5, 0.6) is 0 Å². The molecule has 2 N–H and O–H groups in total. The van der Waals surface area contributed by atoms with Crippen molar-refractivity contribution in [1.29, 1.82) is 0 Å². The molecule has 27 heavy (non-hydrogen) atoms. The van der Waals surface area contributed by atoms with Crippen LogP contribution in [0.1, 0.15) is 25.3 Å². The summed E-state index contributed by atoms with van der Waals surface area (Å²) in [5.41, 5.74) is 2.41. The molecule has 0 amide bonds. The standard InChI is InChI=1S/C22H27N2O3/c1-4-12-11-24(2)16-9-14(12)22(20(26)27-3)17(24)10-21(19(22)25)13-7-5-6-8-15(13)23-18(16)21/h4-8,14,16-19,23,25H,9-11H2,1-3H3/q+1/t14?,16?,17?,18?,19?,21-,22+,24?/m1/s1. The number of rotatable bonds is 1. The van der Waals surface area contributed by atoms with Gasteiger partial charge in [0.2, 0.25) is 0 Å². The molecule has 0 aromatic heterocycles. The maximum Gasteiger partial charge on any atom is 0.321 e. The van der Waals surface area contributed by atoms with Crippen LogP contribution < -0.4 is 5.32 Å². The lowest BCUT2D eigenvalue weighted by molar-refractivity contribution is -0.975. The number of carbonyl (C=O) groups is 1. The molecule has 5 heteroatoms. The van der Waals surface area contributed by atoms with E-state index in [9.17, 15) is 9.90 Å². The molecule has 0 radical (unpaired) electrons. The summed E-state index contributed by atoms with van der Waals surface area (Å²) in [7, 11) is 3.78. The number of aliphatic hydroxyl groups is 1. The molecule has 1 aromatic rings. The number of methoxy groups -OCH3 is 1. The Morgan fingerprint density at radius 1 is 1.41 bits per heavy atom. The van der Waals surface area contributed by atoms with E-state index in [0.717, 1.165) is 29.6 Å². The third-order valence-electron chi connectivity index (χ3n) is 9.11. The van der Waals surface area contributed by atoms with Crippen molar-refractivity contribution in [3.05, 3.63) is 41.5 Å². The highest BCUT2D eigenvalue weighted by Gasteiger charge is 2.87. The van der Waals surface area contributed by atoms with Crippen LogP contribution in [-0.2, 0) is 14.9 Å². The van der Waals surface area contributed by atoms with Crippen molar-refractivity contribution in [3.63, 3.8) is 0 Å². The van der Waals surface area contributed by atoms with E-state index in [4.69, 9.17) is 4.74 Å². The molecule has 142 valence electrons. The van der Waals surface area contributed by atoms with Crippen LogP contribution in [0.2, 0.25) is 0 Å². The minimum Gasteiger partial charge on any atom is -0.468 e. The number of nitrogens with one attached hydrogen (secondary N) is 1. The van der Waals surface area contributed by atoms with E-state index in [1.165, 1.54) is 18.2 Å². The molecule has 1 saturated carbocycles. The number of para-hydroxylation sites is 1. The number of benzene rings is 1. The van der Waals surface area contributed by atoms with Crippen molar-refractivity contribution >= 4 is 11.7 Å². The Balaban J connectivity index is 1.68. The average Bonchev–Trinajstić information content (AvgIpc) is 3.13. The number of fused-ring (bicyclic) bond motifs is 2. The van der Waals surface area contributed by atoms with Gasteiger partial charge in [-0.3, -0.25) is 4.79 Å². The monoisotopic (exact) mass is 367 g/mol. The summed E-state index contributed by atoms with van der Waals surface area (Å²) < 4.78 is 6.24. The van der Waals surface area contributed by atoms with Crippen LogP contribution in [0.25, 0.3) is 0 Å². The molecule has 5 heterocycles. The molecule has 1 spiro atoms. The second-order valence-corrected chi connectivity index (χ2v) is 9.48. The van der Waals surface area contributed by atoms with E-state index in [-0.39, 0.29) is 24.0 Å². The number of aliphatic hydroxyl groups excluding tert-OH is 1. The molecule has 4 saturated heterocycles. The molecule has 8 atom stereocenters. The van der Waals surface area contributed by atoms with E-state index in [1.807, 2.05) is 6.07 Å². The molecular weight excluding hydrogens is 340 g/mol. The second-order valence-electron chi connectivity index (χ2n) is 9.48. The first kappa shape index (κ1) is 16.1. The quantitative estimate of drug-likeness (QED) is 0.452. The summed E-state index contributed by atoms with van der Waals surface area (Å²) in [5, 5.41) is 15.8. The van der Waals surface area contributed by atoms with Crippen LogP contribution in [0.3, 0.4) is 0 Å². The number of piperidine rings is 4. The Kier molecular flexibility index (Phi) is 2.74. The summed E-state index contributed by atoms with van der Waals surface area (Å²) >= 11 is 0. The van der Waals surface area contributed by atoms with Crippen molar-refractivity contribution < 1.29 is 19.1 Å². The molecule has 1 aliphatic carbocycles. The van der Waals surface area contributed by atoms with Crippen LogP contribution >= 0.6 is 0 Å². The zero-order chi connectivity index (χ0) is 18.8. The summed E-state index contributed by atoms with van der Waals surface area (Å²) in [5.74, 6) is -0.132. The van der Waals surface area contributed by atoms with E-state index in [0.29, 0.717) is 6.04 Å². The zero-order valence-electron chi connectivity index (χ0n) is 16.1. The fraction of sp³-hybridized carbons (Fsp3) is 0.591. The number of quaternary nitrogens is 1. The summed E-state index contributed by atoms with van der Waals surface area (Å²) in [6, 6.07) is 9.05. The number of likely N-dealkylation sites (N-methyl/N-ethyl adjacent to an activating group) is 1. The lowest BCUT2D eigenvalue weighted by atomic mass is 9.57. The molecule has 7 rings (SSSR count). The van der Waals surface area contributed by atoms with Crippen molar-refractivity contribution in [1.82, 2.24) is 0 Å². The fourth-order valence-electron chi connectivity index (χ4n) is 8.23. The third-order valence-corrected chi connectivity index (χ3v) is 9.11. The molecular formula is C22H27N2O3+. The highest BCUT2D eigenvalue weighted by Crippen LogP contribution is 2.73. The number of anilines is 1. The van der Waals surface area contributed by atoms with Gasteiger partial charge in [-0.15, -0.1) is 0 Å². The predicted molar refractivity (Wildman–Crippen MR) is 101 cm³/mol. The first-order valence-electron chi connectivity index (χ1n) is 10.1. The zero-order valence-corrected chi connectivity index (χ0v) is 16.1. The van der Waals surface area contributed by atoms with Gasteiger partial charge in [0.25, 0.3) is 0 Å². The minimum atomic E-state index is -0.839. The van der Waals surface area contributed by atoms with Gasteiger partial charge >= 0.3 is 5.97 Å². The van der Waals surface area contributed by atoms with Crippen LogP contribution in [0, 0.1) is 11.3 Å². The highest BCUT2D eigenvalue weighted by atomic mass is 16.5. The molecule has 5 fully saturated rings. The normalized spacial score (nSPS) is 51.9. The van der Waals surface area contributed by atoms with Gasteiger partial charge in [-0.25, -0.2) is 0 Å². The Bertz CT molecular complexity index is 913. The molecule has 6 aliphatic rings. The van der Waals surface area contributed by atoms with Gasteiger partial charge in [0, 0.05) is 24.4 Å². The Morgan fingerprint density at radius 2 is 2.19 bits per heavy atom. The van der Waals surface area contributed by atoms with Gasteiger partial charge in [0.1, 0.15) is 18.6 Å². The maximum atomic E-state index is 13.4. The van der Waals surface area contributed by atoms with E-state index < -0.39 is 16.9 Å². The number of hydrogen-bond donors (Lipinski definition) is 2. The van der Waals surface area contributed by atoms with Crippen LogP contribution in [0.4, 0.5) is 5.69 Å². The van der Waals surface area contributed by atoms with Crippen molar-refractivity contribution in [2.24, 2.45) is 11.3 Å². The van der Waals surface area contributed by atoms with Crippen LogP contribution in [0.15, 0.2) is 35.9 Å².